The minimum Gasteiger partial charge on any atom is -0.490 e. The third-order valence-corrected chi connectivity index (χ3v) is 9.94. The van der Waals surface area contributed by atoms with Crippen LogP contribution in [0.4, 0.5) is 13.2 Å². The van der Waals surface area contributed by atoms with Gasteiger partial charge in [0.25, 0.3) is 0 Å². The Morgan fingerprint density at radius 1 is 0.773 bits per heavy atom. The fraction of sp³-hybridized carbons (Fsp3) is 0.450. The van der Waals surface area contributed by atoms with Gasteiger partial charge in [0, 0.05) is 11.1 Å². The predicted octanol–water partition coefficient (Wildman–Crippen LogP) is 12.4. The van der Waals surface area contributed by atoms with E-state index < -0.39 is 11.6 Å². The summed E-state index contributed by atoms with van der Waals surface area (Å²) in [6.45, 7) is 6.36. The molecule has 234 valence electrons. The zero-order valence-electron chi connectivity index (χ0n) is 26.2. The van der Waals surface area contributed by atoms with Crippen LogP contribution in [0.2, 0.25) is 0 Å². The van der Waals surface area contributed by atoms with Gasteiger partial charge in [-0.3, -0.25) is 0 Å². The molecule has 0 spiro atoms. The second-order valence-electron chi connectivity index (χ2n) is 12.8. The highest BCUT2D eigenvalue weighted by atomic mass is 19.2. The first-order valence-electron chi connectivity index (χ1n) is 16.8. The van der Waals surface area contributed by atoms with Crippen molar-refractivity contribution in [2.75, 3.05) is 6.61 Å². The largest absolute Gasteiger partial charge is 0.490 e. The summed E-state index contributed by atoms with van der Waals surface area (Å²) in [7, 11) is 0. The van der Waals surface area contributed by atoms with E-state index in [0.29, 0.717) is 17.7 Å². The smallest absolute Gasteiger partial charge is 0.201 e. The van der Waals surface area contributed by atoms with Crippen molar-refractivity contribution in [3.63, 3.8) is 0 Å². The van der Waals surface area contributed by atoms with Crippen molar-refractivity contribution in [1.82, 2.24) is 0 Å². The third-order valence-electron chi connectivity index (χ3n) is 9.94. The fourth-order valence-corrected chi connectivity index (χ4v) is 7.20. The minimum atomic E-state index is -0.963. The number of halogens is 3. The first-order valence-corrected chi connectivity index (χ1v) is 16.8. The van der Waals surface area contributed by atoms with Crippen LogP contribution in [0.3, 0.4) is 0 Å². The lowest BCUT2D eigenvalue weighted by Gasteiger charge is -2.35. The Labute approximate surface area is 262 Å². The van der Waals surface area contributed by atoms with Gasteiger partial charge in [-0.1, -0.05) is 87.6 Å². The maximum Gasteiger partial charge on any atom is 0.201 e. The number of allylic oxidation sites excluding steroid dienone is 3. The highest BCUT2D eigenvalue weighted by Gasteiger charge is 2.29. The summed E-state index contributed by atoms with van der Waals surface area (Å²) in [5.74, 6) is 0.242. The van der Waals surface area contributed by atoms with Gasteiger partial charge >= 0.3 is 0 Å². The third kappa shape index (κ3) is 7.86. The van der Waals surface area contributed by atoms with Crippen molar-refractivity contribution in [2.24, 2.45) is 17.8 Å². The Morgan fingerprint density at radius 3 is 2.18 bits per heavy atom. The van der Waals surface area contributed by atoms with Crippen molar-refractivity contribution in [1.29, 1.82) is 0 Å². The lowest BCUT2D eigenvalue weighted by molar-refractivity contribution is 0.190. The Morgan fingerprint density at radius 2 is 1.50 bits per heavy atom. The van der Waals surface area contributed by atoms with E-state index in [2.05, 4.69) is 19.6 Å². The Bertz CT molecular complexity index is 1420. The molecular formula is C40H47F3O. The van der Waals surface area contributed by atoms with E-state index in [0.717, 1.165) is 85.8 Å². The number of unbranched alkanes of at least 4 members (excludes halogenated alkanes) is 3. The molecule has 5 rings (SSSR count). The Kier molecular flexibility index (Phi) is 11.4. The first kappa shape index (κ1) is 32.1. The van der Waals surface area contributed by atoms with Crippen molar-refractivity contribution in [2.45, 2.75) is 90.4 Å². The van der Waals surface area contributed by atoms with Gasteiger partial charge in [-0.15, -0.1) is 6.58 Å². The van der Waals surface area contributed by atoms with Gasteiger partial charge in [0.2, 0.25) is 5.82 Å². The molecule has 3 aromatic rings. The van der Waals surface area contributed by atoms with Crippen LogP contribution in [0.5, 0.6) is 5.75 Å². The standard InChI is InChI=1S/C40H47F3O/c1-3-5-7-8-26-44-38-25-24-36(39(42)40(38)43)33-20-16-31(17-21-33)34-22-23-35(37(41)27-34)32-18-14-30(15-19-32)29-12-10-28(11-13-29)9-6-4-2/h4,16-18,20-25,27-30H,2-3,5-15,19,26H2,1H3. The number of hydrogen-bond donors (Lipinski definition) is 0. The molecule has 1 unspecified atom stereocenters. The van der Waals surface area contributed by atoms with Crippen LogP contribution in [0.1, 0.15) is 96.0 Å². The van der Waals surface area contributed by atoms with Crippen LogP contribution in [0.25, 0.3) is 27.8 Å². The van der Waals surface area contributed by atoms with Gasteiger partial charge in [0.05, 0.1) is 6.61 Å². The van der Waals surface area contributed by atoms with E-state index in [-0.39, 0.29) is 17.1 Å². The van der Waals surface area contributed by atoms with Gasteiger partial charge in [-0.2, -0.15) is 4.39 Å². The molecule has 1 nitrogen and oxygen atoms in total. The Balaban J connectivity index is 1.19. The lowest BCUT2D eigenvalue weighted by atomic mass is 9.70. The molecule has 1 saturated carbocycles. The van der Waals surface area contributed by atoms with E-state index in [1.54, 1.807) is 24.3 Å². The molecule has 44 heavy (non-hydrogen) atoms. The van der Waals surface area contributed by atoms with E-state index in [4.69, 9.17) is 4.74 Å². The average Bonchev–Trinajstić information content (AvgIpc) is 3.06. The maximum atomic E-state index is 15.4. The zero-order chi connectivity index (χ0) is 30.9. The molecular weight excluding hydrogens is 553 g/mol. The number of hydrogen-bond acceptors (Lipinski definition) is 1. The molecule has 2 aliphatic rings. The van der Waals surface area contributed by atoms with Gasteiger partial charge in [-0.05, 0) is 110 Å². The Hall–Kier alpha value is -3.27. The molecule has 0 aromatic heterocycles. The minimum absolute atomic E-state index is 0.0550. The second-order valence-corrected chi connectivity index (χ2v) is 12.8. The highest BCUT2D eigenvalue weighted by Crippen LogP contribution is 2.42. The SMILES string of the molecule is C=CCCC1CCC(C2CC=C(c3ccc(-c4ccc(-c5ccc(OCCCCCC)c(F)c5F)cc4)cc3F)CC2)CC1. The monoisotopic (exact) mass is 600 g/mol. The van der Waals surface area contributed by atoms with Crippen LogP contribution in [-0.4, -0.2) is 6.61 Å². The van der Waals surface area contributed by atoms with Crippen LogP contribution in [0.15, 0.2) is 73.3 Å². The van der Waals surface area contributed by atoms with Gasteiger partial charge < -0.3 is 4.74 Å². The second kappa shape index (κ2) is 15.6. The summed E-state index contributed by atoms with van der Waals surface area (Å²) >= 11 is 0. The number of benzene rings is 3. The summed E-state index contributed by atoms with van der Waals surface area (Å²) in [4.78, 5) is 0. The van der Waals surface area contributed by atoms with Crippen LogP contribution < -0.4 is 4.74 Å². The molecule has 0 radical (unpaired) electrons. The average molecular weight is 601 g/mol. The summed E-state index contributed by atoms with van der Waals surface area (Å²) in [6, 6.07) is 15.7. The number of rotatable bonds is 13. The lowest BCUT2D eigenvalue weighted by Crippen LogP contribution is -2.23. The van der Waals surface area contributed by atoms with E-state index in [9.17, 15) is 8.78 Å². The van der Waals surface area contributed by atoms with Crippen LogP contribution >= 0.6 is 0 Å². The number of ether oxygens (including phenoxy) is 1. The summed E-state index contributed by atoms with van der Waals surface area (Å²) < 4.78 is 50.6. The molecule has 2 aliphatic carbocycles. The topological polar surface area (TPSA) is 9.23 Å². The summed E-state index contributed by atoms with van der Waals surface area (Å²) in [6.07, 6.45) is 19.2. The molecule has 4 heteroatoms. The van der Waals surface area contributed by atoms with Crippen molar-refractivity contribution in [3.05, 3.63) is 96.3 Å². The van der Waals surface area contributed by atoms with E-state index in [1.165, 1.54) is 38.2 Å². The van der Waals surface area contributed by atoms with Crippen molar-refractivity contribution >= 4 is 5.57 Å². The zero-order valence-corrected chi connectivity index (χ0v) is 26.2. The van der Waals surface area contributed by atoms with E-state index in [1.807, 2.05) is 30.3 Å². The molecule has 0 amide bonds. The van der Waals surface area contributed by atoms with Crippen molar-refractivity contribution in [3.8, 4) is 28.0 Å². The normalized spacial score (nSPS) is 20.3. The molecule has 0 N–H and O–H groups in total. The van der Waals surface area contributed by atoms with Gasteiger partial charge in [0.1, 0.15) is 5.82 Å². The molecule has 0 heterocycles. The molecule has 0 bridgehead atoms. The van der Waals surface area contributed by atoms with Crippen molar-refractivity contribution < 1.29 is 17.9 Å². The van der Waals surface area contributed by atoms with Crippen LogP contribution in [0, 0.1) is 35.2 Å². The first-order chi connectivity index (χ1) is 21.5. The molecule has 0 saturated heterocycles. The highest BCUT2D eigenvalue weighted by molar-refractivity contribution is 5.74. The molecule has 3 aromatic carbocycles. The molecule has 0 aliphatic heterocycles. The van der Waals surface area contributed by atoms with Gasteiger partial charge in [-0.25, -0.2) is 8.78 Å². The summed E-state index contributed by atoms with van der Waals surface area (Å²) in [5.41, 5.74) is 4.14. The quantitative estimate of drug-likeness (QED) is 0.140. The molecule has 1 atom stereocenters. The summed E-state index contributed by atoms with van der Waals surface area (Å²) in [5, 5.41) is 0. The maximum absolute atomic E-state index is 15.4. The predicted molar refractivity (Wildman–Crippen MR) is 177 cm³/mol. The van der Waals surface area contributed by atoms with Crippen LogP contribution in [-0.2, 0) is 0 Å². The fourth-order valence-electron chi connectivity index (χ4n) is 7.20. The van der Waals surface area contributed by atoms with E-state index >= 15 is 4.39 Å². The van der Waals surface area contributed by atoms with Gasteiger partial charge in [0.15, 0.2) is 11.6 Å². The molecule has 1 fully saturated rings.